The van der Waals surface area contributed by atoms with Crippen LogP contribution in [0.5, 0.6) is 0 Å². The predicted molar refractivity (Wildman–Crippen MR) is 67.4 cm³/mol. The average Bonchev–Trinajstić information content (AvgIpc) is 2.42. The van der Waals surface area contributed by atoms with Crippen molar-refractivity contribution >= 4 is 5.69 Å². The number of nitrogens with one attached hydrogen (secondary N) is 1. The molecule has 112 valence electrons. The van der Waals surface area contributed by atoms with Gasteiger partial charge in [0.05, 0.1) is 0 Å². The number of nitrogens with zero attached hydrogens (tertiary/aromatic N) is 2. The van der Waals surface area contributed by atoms with Crippen molar-refractivity contribution in [2.45, 2.75) is 32.2 Å². The molecule has 1 fully saturated rings. The van der Waals surface area contributed by atoms with Gasteiger partial charge in [-0.2, -0.15) is 22.5 Å². The number of likely N-dealkylation sites (tertiary alicyclic amines) is 1. The first-order valence-corrected chi connectivity index (χ1v) is 6.68. The summed E-state index contributed by atoms with van der Waals surface area (Å²) >= 11 is 0. The van der Waals surface area contributed by atoms with E-state index in [9.17, 15) is 17.6 Å². The van der Waals surface area contributed by atoms with Crippen molar-refractivity contribution in [2.75, 3.05) is 25.0 Å². The van der Waals surface area contributed by atoms with Crippen LogP contribution in [0.4, 0.5) is 23.2 Å². The number of anilines is 1. The van der Waals surface area contributed by atoms with Crippen LogP contribution in [0.1, 0.15) is 26.2 Å². The van der Waals surface area contributed by atoms with Crippen molar-refractivity contribution < 1.29 is 17.6 Å². The van der Waals surface area contributed by atoms with Gasteiger partial charge < -0.3 is 5.32 Å². The van der Waals surface area contributed by atoms with Crippen molar-refractivity contribution in [3.05, 3.63) is 23.5 Å². The minimum atomic E-state index is -1.64. The maximum absolute atomic E-state index is 13.4. The highest BCUT2D eigenvalue weighted by Crippen LogP contribution is 2.22. The van der Waals surface area contributed by atoms with E-state index >= 15 is 0 Å². The summed E-state index contributed by atoms with van der Waals surface area (Å²) in [4.78, 5) is 4.69. The molecule has 0 aliphatic carbocycles. The first-order valence-electron chi connectivity index (χ1n) is 6.68. The predicted octanol–water partition coefficient (Wildman–Crippen LogP) is 2.92. The first kappa shape index (κ1) is 15.0. The summed E-state index contributed by atoms with van der Waals surface area (Å²) in [5, 5.41) is 2.42. The molecule has 1 atom stereocenters. The van der Waals surface area contributed by atoms with E-state index in [1.807, 2.05) is 0 Å². The molecule has 2 rings (SSSR count). The van der Waals surface area contributed by atoms with E-state index in [2.05, 4.69) is 22.1 Å². The van der Waals surface area contributed by atoms with Crippen LogP contribution in [0.3, 0.4) is 0 Å². The summed E-state index contributed by atoms with van der Waals surface area (Å²) < 4.78 is 52.6. The first-order chi connectivity index (χ1) is 9.50. The molecule has 0 bridgehead atoms. The molecular weight excluding hydrogens is 274 g/mol. The van der Waals surface area contributed by atoms with Gasteiger partial charge in [0.15, 0.2) is 0 Å². The van der Waals surface area contributed by atoms with E-state index in [4.69, 9.17) is 0 Å². The van der Waals surface area contributed by atoms with Crippen LogP contribution in [0.15, 0.2) is 0 Å². The number of rotatable bonds is 4. The second-order valence-corrected chi connectivity index (χ2v) is 5.00. The van der Waals surface area contributed by atoms with Crippen LogP contribution in [0, 0.1) is 23.5 Å². The molecule has 20 heavy (non-hydrogen) atoms. The second-order valence-electron chi connectivity index (χ2n) is 5.00. The molecule has 1 aromatic rings. The van der Waals surface area contributed by atoms with Gasteiger partial charge in [-0.15, -0.1) is 0 Å². The smallest absolute Gasteiger partial charge is 0.253 e. The van der Waals surface area contributed by atoms with Gasteiger partial charge in [0.25, 0.3) is 11.9 Å². The summed E-state index contributed by atoms with van der Waals surface area (Å²) in [5.74, 6) is -6.26. The second kappa shape index (κ2) is 6.39. The summed E-state index contributed by atoms with van der Waals surface area (Å²) in [6, 6.07) is 0.408. The maximum Gasteiger partial charge on any atom is 0.253 e. The van der Waals surface area contributed by atoms with Gasteiger partial charge in [-0.25, -0.2) is 0 Å². The number of halogens is 4. The highest BCUT2D eigenvalue weighted by molar-refractivity contribution is 5.45. The van der Waals surface area contributed by atoms with E-state index in [0.717, 1.165) is 19.4 Å². The van der Waals surface area contributed by atoms with Crippen molar-refractivity contribution in [3.63, 3.8) is 0 Å². The van der Waals surface area contributed by atoms with Crippen LogP contribution in [-0.4, -0.2) is 35.6 Å². The summed E-state index contributed by atoms with van der Waals surface area (Å²) in [6.45, 7) is 3.78. The van der Waals surface area contributed by atoms with Crippen LogP contribution in [0.2, 0.25) is 0 Å². The standard InChI is InChI=1S/C13H17F4N3/c1-8-4-2-3-6-20(8)7-5-18-11-9(14)12(16)19-13(17)10(11)15/h8H,2-7H2,1H3,(H,18,19). The Morgan fingerprint density at radius 3 is 2.40 bits per heavy atom. The van der Waals surface area contributed by atoms with Crippen LogP contribution >= 0.6 is 0 Å². The van der Waals surface area contributed by atoms with Crippen molar-refractivity contribution in [3.8, 4) is 0 Å². The minimum absolute atomic E-state index is 0.209. The molecule has 1 aliphatic heterocycles. The molecule has 1 aromatic heterocycles. The van der Waals surface area contributed by atoms with Gasteiger partial charge in [0.2, 0.25) is 11.6 Å². The van der Waals surface area contributed by atoms with Crippen LogP contribution < -0.4 is 5.32 Å². The number of aromatic nitrogens is 1. The normalized spacial score (nSPS) is 20.1. The lowest BCUT2D eigenvalue weighted by atomic mass is 10.0. The minimum Gasteiger partial charge on any atom is -0.379 e. The van der Waals surface area contributed by atoms with Crippen molar-refractivity contribution in [2.24, 2.45) is 0 Å². The molecule has 0 spiro atoms. The molecular formula is C13H17F4N3. The molecule has 1 N–H and O–H groups in total. The number of pyridine rings is 1. The molecule has 1 saturated heterocycles. The maximum atomic E-state index is 13.4. The van der Waals surface area contributed by atoms with Gasteiger partial charge in [0.1, 0.15) is 5.69 Å². The van der Waals surface area contributed by atoms with E-state index in [1.54, 1.807) is 0 Å². The lowest BCUT2D eigenvalue weighted by Crippen LogP contribution is -2.40. The zero-order valence-electron chi connectivity index (χ0n) is 11.2. The Morgan fingerprint density at radius 1 is 1.15 bits per heavy atom. The van der Waals surface area contributed by atoms with E-state index < -0.39 is 29.2 Å². The third-order valence-corrected chi connectivity index (χ3v) is 3.64. The topological polar surface area (TPSA) is 28.2 Å². The fraction of sp³-hybridized carbons (Fsp3) is 0.615. The molecule has 2 heterocycles. The molecule has 3 nitrogen and oxygen atoms in total. The van der Waals surface area contributed by atoms with Gasteiger partial charge in [-0.1, -0.05) is 6.42 Å². The molecule has 0 radical (unpaired) electrons. The fourth-order valence-corrected chi connectivity index (χ4v) is 2.46. The molecule has 0 saturated carbocycles. The zero-order chi connectivity index (χ0) is 14.7. The number of hydrogen-bond donors (Lipinski definition) is 1. The quantitative estimate of drug-likeness (QED) is 0.683. The Kier molecular flexibility index (Phi) is 4.80. The van der Waals surface area contributed by atoms with Crippen molar-refractivity contribution in [1.29, 1.82) is 0 Å². The summed E-state index contributed by atoms with van der Waals surface area (Å²) in [5.41, 5.74) is -0.792. The molecule has 7 heteroatoms. The molecule has 1 unspecified atom stereocenters. The number of hydrogen-bond acceptors (Lipinski definition) is 3. The zero-order valence-corrected chi connectivity index (χ0v) is 11.2. The molecule has 0 aromatic carbocycles. The summed E-state index contributed by atoms with van der Waals surface area (Å²) in [6.07, 6.45) is 3.35. The largest absolute Gasteiger partial charge is 0.379 e. The third-order valence-electron chi connectivity index (χ3n) is 3.64. The van der Waals surface area contributed by atoms with Gasteiger partial charge in [0, 0.05) is 19.1 Å². The monoisotopic (exact) mass is 291 g/mol. The van der Waals surface area contributed by atoms with Crippen molar-refractivity contribution in [1.82, 2.24) is 9.88 Å². The van der Waals surface area contributed by atoms with Gasteiger partial charge in [-0.05, 0) is 26.3 Å². The highest BCUT2D eigenvalue weighted by Gasteiger charge is 2.21. The van der Waals surface area contributed by atoms with E-state index in [-0.39, 0.29) is 6.54 Å². The van der Waals surface area contributed by atoms with Crippen LogP contribution in [0.25, 0.3) is 0 Å². The average molecular weight is 291 g/mol. The Bertz CT molecular complexity index is 455. The number of piperidine rings is 1. The Hall–Kier alpha value is -1.37. The lowest BCUT2D eigenvalue weighted by molar-refractivity contribution is 0.167. The van der Waals surface area contributed by atoms with Gasteiger partial charge in [-0.3, -0.25) is 4.90 Å². The van der Waals surface area contributed by atoms with Crippen LogP contribution in [-0.2, 0) is 0 Å². The summed E-state index contributed by atoms with van der Waals surface area (Å²) in [7, 11) is 0. The SMILES string of the molecule is CC1CCCCN1CCNc1c(F)c(F)nc(F)c1F. The Morgan fingerprint density at radius 2 is 1.80 bits per heavy atom. The lowest BCUT2D eigenvalue weighted by Gasteiger charge is -2.33. The highest BCUT2D eigenvalue weighted by atomic mass is 19.2. The van der Waals surface area contributed by atoms with E-state index in [0.29, 0.717) is 12.6 Å². The molecule has 1 aliphatic rings. The molecule has 0 amide bonds. The third kappa shape index (κ3) is 3.20. The Labute approximate surface area is 115 Å². The van der Waals surface area contributed by atoms with Gasteiger partial charge >= 0.3 is 0 Å². The Balaban J connectivity index is 1.97. The fourth-order valence-electron chi connectivity index (χ4n) is 2.46. The van der Waals surface area contributed by atoms with E-state index in [1.165, 1.54) is 6.42 Å².